The lowest BCUT2D eigenvalue weighted by Gasteiger charge is -2.16. The first kappa shape index (κ1) is 11.1. The Labute approximate surface area is 111 Å². The molecular formula is C12H7ClO2S2. The Morgan fingerprint density at radius 2 is 2.24 bits per heavy atom. The molecule has 5 heteroatoms. The number of hydrogen-bond donors (Lipinski definition) is 1. The van der Waals surface area contributed by atoms with E-state index in [0.29, 0.717) is 4.88 Å². The number of hydrogen-bond acceptors (Lipinski definition) is 3. The highest BCUT2D eigenvalue weighted by molar-refractivity contribution is 7.99. The number of carboxylic acid groups (broad SMARTS) is 1. The summed E-state index contributed by atoms with van der Waals surface area (Å²) in [4.78, 5) is 13.5. The number of thioether (sulfide) groups is 1. The molecule has 0 unspecified atom stereocenters. The Kier molecular flexibility index (Phi) is 2.65. The van der Waals surface area contributed by atoms with E-state index in [0.717, 1.165) is 31.7 Å². The van der Waals surface area contributed by atoms with E-state index in [1.54, 1.807) is 17.8 Å². The quantitative estimate of drug-likeness (QED) is 0.844. The van der Waals surface area contributed by atoms with Crippen LogP contribution in [-0.2, 0) is 5.75 Å². The smallest absolute Gasteiger partial charge is 0.345 e. The van der Waals surface area contributed by atoms with E-state index in [9.17, 15) is 4.79 Å². The normalized spacial score (nSPS) is 13.0. The fraction of sp³-hybridized carbons (Fsp3) is 0.0833. The van der Waals surface area contributed by atoms with Gasteiger partial charge in [0.05, 0.1) is 5.02 Å². The molecule has 2 heterocycles. The number of rotatable bonds is 1. The Bertz CT molecular complexity index is 619. The zero-order valence-electron chi connectivity index (χ0n) is 8.57. The van der Waals surface area contributed by atoms with Crippen molar-refractivity contribution in [3.63, 3.8) is 0 Å². The van der Waals surface area contributed by atoms with Gasteiger partial charge >= 0.3 is 5.97 Å². The lowest BCUT2D eigenvalue weighted by molar-refractivity contribution is 0.0702. The summed E-state index contributed by atoms with van der Waals surface area (Å²) >= 11 is 9.13. The number of thiophene rings is 1. The lowest BCUT2D eigenvalue weighted by Crippen LogP contribution is -1.92. The molecule has 0 saturated heterocycles. The fourth-order valence-electron chi connectivity index (χ4n) is 1.85. The number of carbonyl (C=O) groups is 1. The predicted octanol–water partition coefficient (Wildman–Crippen LogP) is 4.37. The second-order valence-corrected chi connectivity index (χ2v) is 6.12. The third-order valence-corrected chi connectivity index (χ3v) is 5.41. The standard InChI is InChI=1S/C12H7ClO2S2/c13-8-3-1-2-7-10-6(5-16-11(7)8)4-9(17-10)12(14)15/h1-4H,5H2,(H,14,15). The Morgan fingerprint density at radius 3 is 3.00 bits per heavy atom. The van der Waals surface area contributed by atoms with Crippen LogP contribution in [0.1, 0.15) is 15.2 Å². The summed E-state index contributed by atoms with van der Waals surface area (Å²) in [6, 6.07) is 7.52. The van der Waals surface area contributed by atoms with Crippen molar-refractivity contribution in [1.29, 1.82) is 0 Å². The minimum Gasteiger partial charge on any atom is -0.477 e. The van der Waals surface area contributed by atoms with Gasteiger partial charge in [-0.1, -0.05) is 23.7 Å². The molecule has 0 radical (unpaired) electrons. The van der Waals surface area contributed by atoms with Gasteiger partial charge in [0.2, 0.25) is 0 Å². The molecule has 0 saturated carbocycles. The molecule has 1 aliphatic rings. The Balaban J connectivity index is 2.22. The van der Waals surface area contributed by atoms with E-state index < -0.39 is 5.97 Å². The van der Waals surface area contributed by atoms with E-state index in [1.807, 2.05) is 18.2 Å². The number of benzene rings is 1. The van der Waals surface area contributed by atoms with Crippen LogP contribution >= 0.6 is 34.7 Å². The summed E-state index contributed by atoms with van der Waals surface area (Å²) in [6.07, 6.45) is 0. The molecular weight excluding hydrogens is 276 g/mol. The summed E-state index contributed by atoms with van der Waals surface area (Å²) in [7, 11) is 0. The first-order valence-corrected chi connectivity index (χ1v) is 7.12. The van der Waals surface area contributed by atoms with Crippen LogP contribution in [0.25, 0.3) is 10.4 Å². The van der Waals surface area contributed by atoms with Gasteiger partial charge in [-0.05, 0) is 17.7 Å². The molecule has 0 aliphatic carbocycles. The molecule has 86 valence electrons. The average molecular weight is 283 g/mol. The summed E-state index contributed by atoms with van der Waals surface area (Å²) < 4.78 is 0. The number of aromatic carboxylic acids is 1. The topological polar surface area (TPSA) is 37.3 Å². The molecule has 1 N–H and O–H groups in total. The van der Waals surface area contributed by atoms with Crippen molar-refractivity contribution in [2.75, 3.05) is 0 Å². The van der Waals surface area contributed by atoms with Crippen LogP contribution in [0.15, 0.2) is 29.2 Å². The Hall–Kier alpha value is -0.970. The van der Waals surface area contributed by atoms with Crippen LogP contribution in [0.4, 0.5) is 0 Å². The zero-order chi connectivity index (χ0) is 12.0. The SMILES string of the molecule is O=C(O)c1cc2c(s1)-c1cccc(Cl)c1SC2. The van der Waals surface area contributed by atoms with E-state index in [-0.39, 0.29) is 0 Å². The maximum Gasteiger partial charge on any atom is 0.345 e. The van der Waals surface area contributed by atoms with Crippen LogP contribution in [0.5, 0.6) is 0 Å². The van der Waals surface area contributed by atoms with Gasteiger partial charge in [-0.2, -0.15) is 0 Å². The van der Waals surface area contributed by atoms with Crippen LogP contribution in [0, 0.1) is 0 Å². The van der Waals surface area contributed by atoms with E-state index in [4.69, 9.17) is 16.7 Å². The van der Waals surface area contributed by atoms with Crippen molar-refractivity contribution in [2.45, 2.75) is 10.6 Å². The third kappa shape index (κ3) is 1.76. The van der Waals surface area contributed by atoms with Crippen molar-refractivity contribution >= 4 is 40.7 Å². The third-order valence-electron chi connectivity index (χ3n) is 2.60. The van der Waals surface area contributed by atoms with Crippen molar-refractivity contribution < 1.29 is 9.90 Å². The monoisotopic (exact) mass is 282 g/mol. The fourth-order valence-corrected chi connectivity index (χ4v) is 4.46. The molecule has 1 aromatic carbocycles. The lowest BCUT2D eigenvalue weighted by atomic mass is 10.1. The van der Waals surface area contributed by atoms with E-state index in [1.165, 1.54) is 11.3 Å². The van der Waals surface area contributed by atoms with Gasteiger partial charge in [0.15, 0.2) is 0 Å². The highest BCUT2D eigenvalue weighted by Crippen LogP contribution is 2.48. The molecule has 0 fully saturated rings. The zero-order valence-corrected chi connectivity index (χ0v) is 11.0. The summed E-state index contributed by atoms with van der Waals surface area (Å²) in [5.41, 5.74) is 2.15. The molecule has 0 atom stereocenters. The molecule has 1 aliphatic heterocycles. The maximum atomic E-state index is 11.0. The van der Waals surface area contributed by atoms with Gasteiger partial charge in [-0.3, -0.25) is 0 Å². The molecule has 17 heavy (non-hydrogen) atoms. The minimum absolute atomic E-state index is 0.392. The highest BCUT2D eigenvalue weighted by atomic mass is 35.5. The first-order chi connectivity index (χ1) is 8.16. The van der Waals surface area contributed by atoms with Crippen molar-refractivity contribution in [1.82, 2.24) is 0 Å². The van der Waals surface area contributed by atoms with Gasteiger partial charge in [0, 0.05) is 21.1 Å². The molecule has 0 spiro atoms. The van der Waals surface area contributed by atoms with Crippen molar-refractivity contribution in [3.05, 3.63) is 39.7 Å². The molecule has 2 nitrogen and oxygen atoms in total. The molecule has 0 amide bonds. The summed E-state index contributed by atoms with van der Waals surface area (Å²) in [5.74, 6) is -0.0754. The summed E-state index contributed by atoms with van der Waals surface area (Å²) in [5, 5.41) is 9.75. The van der Waals surface area contributed by atoms with E-state index >= 15 is 0 Å². The van der Waals surface area contributed by atoms with E-state index in [2.05, 4.69) is 0 Å². The van der Waals surface area contributed by atoms with Crippen LogP contribution in [0.2, 0.25) is 5.02 Å². The summed E-state index contributed by atoms with van der Waals surface area (Å²) in [6.45, 7) is 0. The molecule has 3 rings (SSSR count). The molecule has 0 bridgehead atoms. The molecule has 2 aromatic rings. The first-order valence-electron chi connectivity index (χ1n) is 4.94. The average Bonchev–Trinajstić information content (AvgIpc) is 2.73. The van der Waals surface area contributed by atoms with Crippen LogP contribution < -0.4 is 0 Å². The van der Waals surface area contributed by atoms with Crippen molar-refractivity contribution in [2.24, 2.45) is 0 Å². The second-order valence-electron chi connectivity index (χ2n) is 3.68. The van der Waals surface area contributed by atoms with Gasteiger partial charge in [-0.15, -0.1) is 23.1 Å². The number of carboxylic acids is 1. The predicted molar refractivity (Wildman–Crippen MR) is 71.3 cm³/mol. The maximum absolute atomic E-state index is 11.0. The molecule has 1 aromatic heterocycles. The van der Waals surface area contributed by atoms with Crippen molar-refractivity contribution in [3.8, 4) is 10.4 Å². The van der Waals surface area contributed by atoms with Crippen LogP contribution in [-0.4, -0.2) is 11.1 Å². The number of fused-ring (bicyclic) bond motifs is 3. The highest BCUT2D eigenvalue weighted by Gasteiger charge is 2.23. The Morgan fingerprint density at radius 1 is 1.41 bits per heavy atom. The van der Waals surface area contributed by atoms with Crippen LogP contribution in [0.3, 0.4) is 0 Å². The second kappa shape index (κ2) is 4.05. The van der Waals surface area contributed by atoms with Gasteiger partial charge < -0.3 is 5.11 Å². The largest absolute Gasteiger partial charge is 0.477 e. The van der Waals surface area contributed by atoms with Gasteiger partial charge in [-0.25, -0.2) is 4.79 Å². The minimum atomic E-state index is -0.863. The van der Waals surface area contributed by atoms with Gasteiger partial charge in [0.25, 0.3) is 0 Å². The van der Waals surface area contributed by atoms with Gasteiger partial charge in [0.1, 0.15) is 4.88 Å². The number of halogens is 1.